The number of likely N-dealkylation sites (tertiary alicyclic amines) is 1. The molecule has 1 atom stereocenters. The number of amides is 2. The number of aromatic amines is 1. The maximum Gasteiger partial charge on any atom is 0.317 e. The topological polar surface area (TPSA) is 98.3 Å². The number of carbonyl (C=O) groups excluding carboxylic acids is 1. The predicted octanol–water partition coefficient (Wildman–Crippen LogP) is 1.11. The first-order chi connectivity index (χ1) is 9.56. The third-order valence-corrected chi connectivity index (χ3v) is 3.70. The molecule has 7 heteroatoms. The Morgan fingerprint density at radius 2 is 2.40 bits per heavy atom. The maximum absolute atomic E-state index is 12.0. The Morgan fingerprint density at radius 3 is 3.05 bits per heavy atom. The maximum atomic E-state index is 12.0. The molecule has 2 amide bonds. The van der Waals surface area contributed by atoms with Crippen molar-refractivity contribution in [3.8, 4) is 0 Å². The lowest BCUT2D eigenvalue weighted by Crippen LogP contribution is -2.38. The number of nitrogens with zero attached hydrogens (tertiary/aromatic N) is 2. The third-order valence-electron chi connectivity index (χ3n) is 3.70. The Labute approximate surface area is 117 Å². The fourth-order valence-electron chi connectivity index (χ4n) is 2.42. The summed E-state index contributed by atoms with van der Waals surface area (Å²) >= 11 is 0. The van der Waals surface area contributed by atoms with Gasteiger partial charge in [-0.1, -0.05) is 0 Å². The van der Waals surface area contributed by atoms with Gasteiger partial charge < -0.3 is 15.3 Å². The van der Waals surface area contributed by atoms with E-state index in [1.807, 2.05) is 6.92 Å². The highest BCUT2D eigenvalue weighted by atomic mass is 16.4. The lowest BCUT2D eigenvalue weighted by molar-refractivity contribution is -0.137. The minimum absolute atomic E-state index is 0.0941. The number of aromatic nitrogens is 2. The van der Waals surface area contributed by atoms with Crippen molar-refractivity contribution in [3.05, 3.63) is 17.5 Å². The number of nitrogens with one attached hydrogen (secondary N) is 2. The average Bonchev–Trinajstić information content (AvgIpc) is 3.02. The minimum Gasteiger partial charge on any atom is -0.481 e. The summed E-state index contributed by atoms with van der Waals surface area (Å²) in [5, 5.41) is 18.3. The molecule has 20 heavy (non-hydrogen) atoms. The largest absolute Gasteiger partial charge is 0.481 e. The molecule has 1 aromatic heterocycles. The molecule has 1 aromatic rings. The zero-order valence-corrected chi connectivity index (χ0v) is 11.6. The molecule has 1 aliphatic heterocycles. The second-order valence-electron chi connectivity index (χ2n) is 5.21. The van der Waals surface area contributed by atoms with Gasteiger partial charge in [-0.2, -0.15) is 5.10 Å². The van der Waals surface area contributed by atoms with E-state index in [-0.39, 0.29) is 12.5 Å². The van der Waals surface area contributed by atoms with E-state index in [4.69, 9.17) is 5.11 Å². The van der Waals surface area contributed by atoms with E-state index >= 15 is 0 Å². The fraction of sp³-hybridized carbons (Fsp3) is 0.615. The van der Waals surface area contributed by atoms with Crippen LogP contribution in [0.4, 0.5) is 4.79 Å². The van der Waals surface area contributed by atoms with Crippen LogP contribution in [0.2, 0.25) is 0 Å². The summed E-state index contributed by atoms with van der Waals surface area (Å²) < 4.78 is 0. The van der Waals surface area contributed by atoms with Gasteiger partial charge in [0.1, 0.15) is 0 Å². The van der Waals surface area contributed by atoms with Gasteiger partial charge in [-0.25, -0.2) is 4.79 Å². The SMILES string of the molecule is Cc1[nH]ncc1CNC(=O)N1CCC(CCC(=O)O)C1. The van der Waals surface area contributed by atoms with Crippen molar-refractivity contribution in [2.75, 3.05) is 13.1 Å². The van der Waals surface area contributed by atoms with Crippen LogP contribution in [0.3, 0.4) is 0 Å². The van der Waals surface area contributed by atoms with Gasteiger partial charge in [0, 0.05) is 37.3 Å². The third kappa shape index (κ3) is 3.72. The number of rotatable bonds is 5. The van der Waals surface area contributed by atoms with Gasteiger partial charge in [-0.3, -0.25) is 9.89 Å². The summed E-state index contributed by atoms with van der Waals surface area (Å²) in [6.45, 7) is 3.70. The lowest BCUT2D eigenvalue weighted by Gasteiger charge is -2.17. The molecule has 0 spiro atoms. The number of carboxylic acid groups (broad SMARTS) is 1. The molecule has 1 aliphatic rings. The number of H-pyrrole nitrogens is 1. The van der Waals surface area contributed by atoms with Gasteiger partial charge in [0.2, 0.25) is 0 Å². The van der Waals surface area contributed by atoms with E-state index in [0.717, 1.165) is 17.7 Å². The van der Waals surface area contributed by atoms with Crippen molar-refractivity contribution in [2.45, 2.75) is 32.7 Å². The van der Waals surface area contributed by atoms with Crippen molar-refractivity contribution < 1.29 is 14.7 Å². The predicted molar refractivity (Wildman–Crippen MR) is 72.1 cm³/mol. The summed E-state index contributed by atoms with van der Waals surface area (Å²) in [4.78, 5) is 24.3. The highest BCUT2D eigenvalue weighted by molar-refractivity contribution is 5.74. The molecule has 2 rings (SSSR count). The van der Waals surface area contributed by atoms with E-state index < -0.39 is 5.97 Å². The summed E-state index contributed by atoms with van der Waals surface area (Å²) in [6, 6.07) is -0.0941. The van der Waals surface area contributed by atoms with E-state index in [1.54, 1.807) is 11.1 Å². The van der Waals surface area contributed by atoms with Gasteiger partial charge in [-0.05, 0) is 25.7 Å². The Morgan fingerprint density at radius 1 is 1.60 bits per heavy atom. The molecule has 0 aromatic carbocycles. The molecule has 7 nitrogen and oxygen atoms in total. The normalized spacial score (nSPS) is 18.2. The number of carbonyl (C=O) groups is 2. The van der Waals surface area contributed by atoms with E-state index in [1.165, 1.54) is 0 Å². The van der Waals surface area contributed by atoms with Crippen LogP contribution in [0.15, 0.2) is 6.20 Å². The quantitative estimate of drug-likeness (QED) is 0.752. The first-order valence-corrected chi connectivity index (χ1v) is 6.79. The second kappa shape index (κ2) is 6.40. The highest BCUT2D eigenvalue weighted by Gasteiger charge is 2.26. The van der Waals surface area contributed by atoms with Crippen LogP contribution >= 0.6 is 0 Å². The first-order valence-electron chi connectivity index (χ1n) is 6.79. The van der Waals surface area contributed by atoms with Crippen LogP contribution in [0.25, 0.3) is 0 Å². The molecule has 0 radical (unpaired) electrons. The van der Waals surface area contributed by atoms with Gasteiger partial charge in [0.05, 0.1) is 6.20 Å². The van der Waals surface area contributed by atoms with Crippen LogP contribution in [0.5, 0.6) is 0 Å². The zero-order valence-electron chi connectivity index (χ0n) is 11.6. The monoisotopic (exact) mass is 280 g/mol. The smallest absolute Gasteiger partial charge is 0.317 e. The number of hydrogen-bond donors (Lipinski definition) is 3. The molecule has 0 aliphatic carbocycles. The molecule has 0 saturated carbocycles. The minimum atomic E-state index is -0.775. The van der Waals surface area contributed by atoms with E-state index in [9.17, 15) is 9.59 Å². The van der Waals surface area contributed by atoms with Gasteiger partial charge >= 0.3 is 12.0 Å². The molecule has 0 bridgehead atoms. The summed E-state index contributed by atoms with van der Waals surface area (Å²) in [5.41, 5.74) is 1.92. The second-order valence-corrected chi connectivity index (χ2v) is 5.21. The van der Waals surface area contributed by atoms with Crippen molar-refractivity contribution in [1.82, 2.24) is 20.4 Å². The summed E-state index contributed by atoms with van der Waals surface area (Å²) in [6.07, 6.45) is 3.40. The average molecular weight is 280 g/mol. The van der Waals surface area contributed by atoms with Crippen LogP contribution in [-0.4, -0.2) is 45.3 Å². The molecule has 2 heterocycles. The fourth-order valence-corrected chi connectivity index (χ4v) is 2.42. The Hall–Kier alpha value is -2.05. The Bertz CT molecular complexity index is 486. The zero-order chi connectivity index (χ0) is 14.5. The Balaban J connectivity index is 1.74. The molecule has 3 N–H and O–H groups in total. The van der Waals surface area contributed by atoms with Crippen LogP contribution < -0.4 is 5.32 Å². The number of urea groups is 1. The van der Waals surface area contributed by atoms with Crippen LogP contribution in [0.1, 0.15) is 30.5 Å². The van der Waals surface area contributed by atoms with Gasteiger partial charge in [0.15, 0.2) is 0 Å². The number of hydrogen-bond acceptors (Lipinski definition) is 3. The molecule has 1 fully saturated rings. The van der Waals surface area contributed by atoms with Crippen LogP contribution in [0, 0.1) is 12.8 Å². The van der Waals surface area contributed by atoms with E-state index in [2.05, 4.69) is 15.5 Å². The molecule has 1 unspecified atom stereocenters. The molecule has 1 saturated heterocycles. The molecular weight excluding hydrogens is 260 g/mol. The molecular formula is C13H20N4O3. The van der Waals surface area contributed by atoms with E-state index in [0.29, 0.717) is 32.0 Å². The van der Waals surface area contributed by atoms with Crippen molar-refractivity contribution in [1.29, 1.82) is 0 Å². The highest BCUT2D eigenvalue weighted by Crippen LogP contribution is 2.21. The molecule has 110 valence electrons. The summed E-state index contributed by atoms with van der Waals surface area (Å²) in [7, 11) is 0. The number of aryl methyl sites for hydroxylation is 1. The van der Waals surface area contributed by atoms with Gasteiger partial charge in [-0.15, -0.1) is 0 Å². The van der Waals surface area contributed by atoms with Crippen molar-refractivity contribution >= 4 is 12.0 Å². The van der Waals surface area contributed by atoms with Crippen molar-refractivity contribution in [3.63, 3.8) is 0 Å². The standard InChI is InChI=1S/C13H20N4O3/c1-9-11(7-15-16-9)6-14-13(20)17-5-4-10(8-17)2-3-12(18)19/h7,10H,2-6,8H2,1H3,(H,14,20)(H,15,16)(H,18,19). The Kier molecular flexibility index (Phi) is 4.60. The number of carboxylic acids is 1. The lowest BCUT2D eigenvalue weighted by atomic mass is 10.0. The van der Waals surface area contributed by atoms with Gasteiger partial charge in [0.25, 0.3) is 0 Å². The first kappa shape index (κ1) is 14.4. The summed E-state index contributed by atoms with van der Waals surface area (Å²) in [5.74, 6) is -0.476. The van der Waals surface area contributed by atoms with Crippen LogP contribution in [-0.2, 0) is 11.3 Å². The van der Waals surface area contributed by atoms with Crippen molar-refractivity contribution in [2.24, 2.45) is 5.92 Å². The number of aliphatic carboxylic acids is 1.